The molecule has 0 radical (unpaired) electrons. The number of nitrogens with zero attached hydrogens (tertiary/aromatic N) is 2. The maximum absolute atomic E-state index is 12.5. The number of hydrogen-bond donors (Lipinski definition) is 3. The fourth-order valence-corrected chi connectivity index (χ4v) is 3.36. The Balaban J connectivity index is 1.74. The number of carbonyl (C=O) groups excluding carboxylic acids is 1. The summed E-state index contributed by atoms with van der Waals surface area (Å²) in [7, 11) is 0. The second-order valence-corrected chi connectivity index (χ2v) is 6.92. The largest absolute Gasteiger partial charge is 0.493 e. The number of carbonyl (C=O) groups is 1. The highest BCUT2D eigenvalue weighted by atomic mass is 35.5. The molecule has 1 amide bonds. The number of hydrogen-bond acceptors (Lipinski definition) is 5. The SMILES string of the molecule is O=C(NN=Cc1c(O)n(-c2cccc3ccccc23)c(=O)[nH]c1=O)c1ccccc1Cl. The summed E-state index contributed by atoms with van der Waals surface area (Å²) in [5, 5.41) is 16.2. The van der Waals surface area contributed by atoms with Gasteiger partial charge < -0.3 is 5.11 Å². The summed E-state index contributed by atoms with van der Waals surface area (Å²) in [5.41, 5.74) is 0.856. The first-order chi connectivity index (χ1) is 15.0. The number of H-pyrrole nitrogens is 1. The summed E-state index contributed by atoms with van der Waals surface area (Å²) in [5.74, 6) is -1.21. The molecule has 4 rings (SSSR count). The molecule has 3 aromatic carbocycles. The number of halogens is 1. The standard InChI is InChI=1S/C22H15ClN4O4/c23-17-10-4-3-9-15(17)20(29)26-24-12-16-19(28)25-22(31)27(21(16)30)18-11-5-7-13-6-1-2-8-14(13)18/h1-12,30H,(H,26,29)(H,25,28,31). The lowest BCUT2D eigenvalue weighted by atomic mass is 10.1. The van der Waals surface area contributed by atoms with Gasteiger partial charge >= 0.3 is 5.69 Å². The Labute approximate surface area is 180 Å². The van der Waals surface area contributed by atoms with E-state index in [4.69, 9.17) is 11.6 Å². The van der Waals surface area contributed by atoms with Gasteiger partial charge in [0.05, 0.1) is 22.5 Å². The van der Waals surface area contributed by atoms with Gasteiger partial charge in [-0.3, -0.25) is 14.6 Å². The van der Waals surface area contributed by atoms with Crippen molar-refractivity contribution in [2.45, 2.75) is 0 Å². The number of amides is 1. The van der Waals surface area contributed by atoms with Crippen LogP contribution in [0, 0.1) is 0 Å². The molecule has 4 aromatic rings. The zero-order chi connectivity index (χ0) is 22.0. The van der Waals surface area contributed by atoms with Crippen molar-refractivity contribution in [3.63, 3.8) is 0 Å². The van der Waals surface area contributed by atoms with Gasteiger partial charge in [0, 0.05) is 5.39 Å². The van der Waals surface area contributed by atoms with E-state index in [-0.39, 0.29) is 16.1 Å². The molecule has 0 saturated heterocycles. The van der Waals surface area contributed by atoms with Crippen molar-refractivity contribution in [1.82, 2.24) is 15.0 Å². The summed E-state index contributed by atoms with van der Waals surface area (Å²) in [6.07, 6.45) is 0.962. The molecule has 0 fully saturated rings. The summed E-state index contributed by atoms with van der Waals surface area (Å²) in [6, 6.07) is 18.9. The zero-order valence-electron chi connectivity index (χ0n) is 15.9. The predicted octanol–water partition coefficient (Wildman–Crippen LogP) is 2.80. The molecule has 9 heteroatoms. The van der Waals surface area contributed by atoms with Crippen LogP contribution in [0.1, 0.15) is 15.9 Å². The van der Waals surface area contributed by atoms with E-state index in [9.17, 15) is 19.5 Å². The van der Waals surface area contributed by atoms with E-state index in [0.717, 1.165) is 16.2 Å². The third-order valence-electron chi connectivity index (χ3n) is 4.61. The van der Waals surface area contributed by atoms with E-state index in [1.54, 1.807) is 42.5 Å². The zero-order valence-corrected chi connectivity index (χ0v) is 16.6. The van der Waals surface area contributed by atoms with Crippen LogP contribution in [-0.2, 0) is 0 Å². The van der Waals surface area contributed by atoms with Crippen molar-refractivity contribution >= 4 is 34.5 Å². The average Bonchev–Trinajstić information content (AvgIpc) is 2.76. The molecule has 8 nitrogen and oxygen atoms in total. The minimum Gasteiger partial charge on any atom is -0.493 e. The Bertz CT molecular complexity index is 1450. The number of nitrogens with one attached hydrogen (secondary N) is 2. The smallest absolute Gasteiger partial charge is 0.335 e. The average molecular weight is 435 g/mol. The van der Waals surface area contributed by atoms with Crippen LogP contribution in [0.2, 0.25) is 5.02 Å². The summed E-state index contributed by atoms with van der Waals surface area (Å²) >= 11 is 5.97. The highest BCUT2D eigenvalue weighted by Gasteiger charge is 2.16. The Morgan fingerprint density at radius 3 is 2.55 bits per heavy atom. The molecule has 0 unspecified atom stereocenters. The van der Waals surface area contributed by atoms with Crippen LogP contribution >= 0.6 is 11.6 Å². The number of rotatable bonds is 4. The summed E-state index contributed by atoms with van der Waals surface area (Å²) in [6.45, 7) is 0. The molecular weight excluding hydrogens is 420 g/mol. The number of hydrazone groups is 1. The van der Waals surface area contributed by atoms with Gasteiger partial charge in [-0.25, -0.2) is 14.8 Å². The van der Waals surface area contributed by atoms with Crippen molar-refractivity contribution in [2.75, 3.05) is 0 Å². The van der Waals surface area contributed by atoms with E-state index < -0.39 is 23.0 Å². The highest BCUT2D eigenvalue weighted by Crippen LogP contribution is 2.24. The van der Waals surface area contributed by atoms with Crippen LogP contribution in [0.25, 0.3) is 16.5 Å². The predicted molar refractivity (Wildman–Crippen MR) is 118 cm³/mol. The van der Waals surface area contributed by atoms with Gasteiger partial charge in [-0.2, -0.15) is 5.10 Å². The number of aromatic nitrogens is 2. The quantitative estimate of drug-likeness (QED) is 0.338. The number of fused-ring (bicyclic) bond motifs is 1. The molecule has 0 atom stereocenters. The van der Waals surface area contributed by atoms with Crippen molar-refractivity contribution < 1.29 is 9.90 Å². The minimum atomic E-state index is -0.852. The van der Waals surface area contributed by atoms with Gasteiger partial charge in [0.2, 0.25) is 5.88 Å². The van der Waals surface area contributed by atoms with E-state index in [2.05, 4.69) is 15.5 Å². The monoisotopic (exact) mass is 434 g/mol. The third-order valence-corrected chi connectivity index (χ3v) is 4.94. The molecule has 1 aromatic heterocycles. The van der Waals surface area contributed by atoms with Gasteiger partial charge in [0.25, 0.3) is 11.5 Å². The van der Waals surface area contributed by atoms with E-state index in [1.807, 2.05) is 18.2 Å². The number of aromatic hydroxyl groups is 1. The van der Waals surface area contributed by atoms with E-state index >= 15 is 0 Å². The molecule has 0 bridgehead atoms. The van der Waals surface area contributed by atoms with Crippen LogP contribution in [0.4, 0.5) is 0 Å². The minimum absolute atomic E-state index is 0.195. The van der Waals surface area contributed by atoms with Crippen molar-refractivity contribution in [3.05, 3.63) is 104 Å². The van der Waals surface area contributed by atoms with Gasteiger partial charge in [-0.15, -0.1) is 0 Å². The van der Waals surface area contributed by atoms with E-state index in [1.165, 1.54) is 6.07 Å². The molecule has 154 valence electrons. The molecule has 0 aliphatic heterocycles. The molecule has 0 aliphatic carbocycles. The number of aromatic amines is 1. The first-order valence-corrected chi connectivity index (χ1v) is 9.49. The summed E-state index contributed by atoms with van der Waals surface area (Å²) < 4.78 is 0.973. The van der Waals surface area contributed by atoms with Gasteiger partial charge in [0.15, 0.2) is 0 Å². The lowest BCUT2D eigenvalue weighted by Crippen LogP contribution is -2.31. The number of benzene rings is 3. The van der Waals surface area contributed by atoms with Gasteiger partial charge in [0.1, 0.15) is 5.56 Å². The van der Waals surface area contributed by atoms with Crippen LogP contribution in [0.5, 0.6) is 5.88 Å². The second kappa shape index (κ2) is 8.29. The van der Waals surface area contributed by atoms with Crippen molar-refractivity contribution in [3.8, 4) is 11.6 Å². The Hall–Kier alpha value is -4.17. The molecule has 1 heterocycles. The van der Waals surface area contributed by atoms with Crippen molar-refractivity contribution in [2.24, 2.45) is 5.10 Å². The fraction of sp³-hybridized carbons (Fsp3) is 0. The summed E-state index contributed by atoms with van der Waals surface area (Å²) in [4.78, 5) is 39.1. The van der Waals surface area contributed by atoms with Gasteiger partial charge in [-0.1, -0.05) is 60.1 Å². The molecular formula is C22H15ClN4O4. The lowest BCUT2D eigenvalue weighted by molar-refractivity contribution is 0.0955. The first-order valence-electron chi connectivity index (χ1n) is 9.11. The molecule has 31 heavy (non-hydrogen) atoms. The van der Waals surface area contributed by atoms with Crippen molar-refractivity contribution in [1.29, 1.82) is 0 Å². The fourth-order valence-electron chi connectivity index (χ4n) is 3.14. The molecule has 0 saturated carbocycles. The molecule has 0 spiro atoms. The topological polar surface area (TPSA) is 117 Å². The Morgan fingerprint density at radius 1 is 1.03 bits per heavy atom. The highest BCUT2D eigenvalue weighted by molar-refractivity contribution is 6.33. The van der Waals surface area contributed by atoms with Crippen LogP contribution in [0.15, 0.2) is 81.4 Å². The van der Waals surface area contributed by atoms with Crippen LogP contribution in [-0.4, -0.2) is 26.8 Å². The maximum Gasteiger partial charge on any atom is 0.335 e. The first kappa shape index (κ1) is 20.1. The van der Waals surface area contributed by atoms with Gasteiger partial charge in [-0.05, 0) is 23.6 Å². The molecule has 0 aliphatic rings. The molecule has 3 N–H and O–H groups in total. The Kier molecular flexibility index (Phi) is 5.38. The second-order valence-electron chi connectivity index (χ2n) is 6.51. The Morgan fingerprint density at radius 2 is 1.74 bits per heavy atom. The van der Waals surface area contributed by atoms with E-state index in [0.29, 0.717) is 11.1 Å². The normalized spacial score (nSPS) is 11.1. The lowest BCUT2D eigenvalue weighted by Gasteiger charge is -2.12. The van der Waals surface area contributed by atoms with Crippen LogP contribution in [0.3, 0.4) is 0 Å². The maximum atomic E-state index is 12.5. The van der Waals surface area contributed by atoms with Crippen LogP contribution < -0.4 is 16.7 Å². The third kappa shape index (κ3) is 3.84.